The Morgan fingerprint density at radius 1 is 1.20 bits per heavy atom. The number of benzene rings is 1. The molecule has 0 amide bonds. The number of hydrogen-bond acceptors (Lipinski definition) is 3. The maximum absolute atomic E-state index is 12.0. The van der Waals surface area contributed by atoms with Gasteiger partial charge in [0, 0.05) is 6.04 Å². The Labute approximate surface area is 86.8 Å². The Kier molecular flexibility index (Phi) is 4.30. The lowest BCUT2D eigenvalue weighted by atomic mass is 10.1. The van der Waals surface area contributed by atoms with Gasteiger partial charge in [-0.05, 0) is 24.6 Å². The third-order valence-corrected chi connectivity index (χ3v) is 1.91. The van der Waals surface area contributed by atoms with E-state index in [0.717, 1.165) is 5.56 Å². The van der Waals surface area contributed by atoms with Crippen LogP contribution in [0.4, 0.5) is 8.78 Å². The molecular weight excluding hydrogens is 204 g/mol. The molecule has 0 aromatic heterocycles. The molecule has 0 aliphatic carbocycles. The molecule has 15 heavy (non-hydrogen) atoms. The first-order valence-electron chi connectivity index (χ1n) is 4.46. The fourth-order valence-corrected chi connectivity index (χ4v) is 1.16. The largest absolute Gasteiger partial charge is 0.459 e. The van der Waals surface area contributed by atoms with Gasteiger partial charge in [0.05, 0.1) is 0 Å². The molecule has 0 fully saturated rings. The number of alkyl halides is 2. The van der Waals surface area contributed by atoms with Crippen molar-refractivity contribution in [2.24, 2.45) is 5.73 Å². The molecule has 1 unspecified atom stereocenters. The number of nitrogens with two attached hydrogens (primary N) is 1. The topological polar surface area (TPSA) is 44.5 Å². The van der Waals surface area contributed by atoms with Crippen LogP contribution >= 0.6 is 0 Å². The highest BCUT2D eigenvalue weighted by atomic mass is 19.1. The van der Waals surface area contributed by atoms with Crippen LogP contribution in [-0.4, -0.2) is 13.7 Å². The molecule has 2 N–H and O–H groups in total. The van der Waals surface area contributed by atoms with Gasteiger partial charge in [-0.1, -0.05) is 6.07 Å². The summed E-state index contributed by atoms with van der Waals surface area (Å²) in [4.78, 5) is 0. The second kappa shape index (κ2) is 5.50. The van der Waals surface area contributed by atoms with Gasteiger partial charge < -0.3 is 15.2 Å². The Bertz CT molecular complexity index is 318. The summed E-state index contributed by atoms with van der Waals surface area (Å²) in [5.74, 6) is 0.324. The van der Waals surface area contributed by atoms with Crippen LogP contribution in [-0.2, 0) is 0 Å². The zero-order chi connectivity index (χ0) is 11.3. The van der Waals surface area contributed by atoms with E-state index in [1.165, 1.54) is 12.1 Å². The van der Waals surface area contributed by atoms with Crippen LogP contribution < -0.4 is 15.2 Å². The van der Waals surface area contributed by atoms with E-state index in [4.69, 9.17) is 5.73 Å². The van der Waals surface area contributed by atoms with Crippen molar-refractivity contribution in [3.63, 3.8) is 0 Å². The molecule has 0 aliphatic heterocycles. The van der Waals surface area contributed by atoms with Crippen molar-refractivity contribution in [3.8, 4) is 11.5 Å². The van der Waals surface area contributed by atoms with E-state index < -0.39 is 13.7 Å². The maximum Gasteiger partial charge on any atom is 0.228 e. The van der Waals surface area contributed by atoms with Crippen LogP contribution in [0.3, 0.4) is 0 Å². The highest BCUT2D eigenvalue weighted by Gasteiger charge is 2.08. The summed E-state index contributed by atoms with van der Waals surface area (Å²) >= 11 is 0. The van der Waals surface area contributed by atoms with Crippen LogP contribution in [0, 0.1) is 0 Å². The maximum atomic E-state index is 12.0. The Morgan fingerprint density at radius 2 is 1.80 bits per heavy atom. The number of hydrogen-bond donors (Lipinski definition) is 1. The van der Waals surface area contributed by atoms with Crippen LogP contribution in [0.2, 0.25) is 0 Å². The van der Waals surface area contributed by atoms with Gasteiger partial charge in [0.15, 0.2) is 11.5 Å². The Balaban J connectivity index is 2.97. The average Bonchev–Trinajstić information content (AvgIpc) is 2.21. The SMILES string of the molecule is CC(N)c1ccc(OCF)c(OCF)c1. The molecule has 0 saturated heterocycles. The van der Waals surface area contributed by atoms with Crippen molar-refractivity contribution in [1.29, 1.82) is 0 Å². The fourth-order valence-electron chi connectivity index (χ4n) is 1.16. The van der Waals surface area contributed by atoms with Gasteiger partial charge in [-0.2, -0.15) is 0 Å². The summed E-state index contributed by atoms with van der Waals surface area (Å²) in [5.41, 5.74) is 6.41. The lowest BCUT2D eigenvalue weighted by Gasteiger charge is -2.12. The minimum Gasteiger partial charge on any atom is -0.459 e. The highest BCUT2D eigenvalue weighted by Crippen LogP contribution is 2.30. The van der Waals surface area contributed by atoms with Crippen LogP contribution in [0.1, 0.15) is 18.5 Å². The van der Waals surface area contributed by atoms with Gasteiger partial charge in [0.2, 0.25) is 13.7 Å². The van der Waals surface area contributed by atoms with E-state index >= 15 is 0 Å². The van der Waals surface area contributed by atoms with Gasteiger partial charge >= 0.3 is 0 Å². The molecule has 0 saturated carbocycles. The summed E-state index contributed by atoms with van der Waals surface area (Å²) in [7, 11) is 0. The smallest absolute Gasteiger partial charge is 0.228 e. The second-order valence-electron chi connectivity index (χ2n) is 3.00. The minimum absolute atomic E-state index is 0.157. The average molecular weight is 217 g/mol. The molecule has 0 bridgehead atoms. The van der Waals surface area contributed by atoms with E-state index in [0.29, 0.717) is 0 Å². The third kappa shape index (κ3) is 3.06. The van der Waals surface area contributed by atoms with E-state index in [1.54, 1.807) is 13.0 Å². The first-order valence-corrected chi connectivity index (χ1v) is 4.46. The predicted octanol–water partition coefficient (Wildman–Crippen LogP) is 2.32. The number of rotatable bonds is 5. The quantitative estimate of drug-likeness (QED) is 0.823. The number of halogens is 2. The summed E-state index contributed by atoms with van der Waals surface area (Å²) in [6.45, 7) is -0.199. The molecule has 5 heteroatoms. The van der Waals surface area contributed by atoms with Crippen LogP contribution in [0.25, 0.3) is 0 Å². The molecule has 0 aliphatic rings. The lowest BCUT2D eigenvalue weighted by Crippen LogP contribution is -2.06. The first kappa shape index (κ1) is 11.7. The molecule has 0 radical (unpaired) electrons. The summed E-state index contributed by atoms with van der Waals surface area (Å²) in [5, 5.41) is 0. The van der Waals surface area contributed by atoms with Crippen molar-refractivity contribution in [2.75, 3.05) is 13.7 Å². The number of ether oxygens (including phenoxy) is 2. The molecule has 1 aromatic rings. The van der Waals surface area contributed by atoms with Gasteiger partial charge in [-0.15, -0.1) is 0 Å². The van der Waals surface area contributed by atoms with Crippen molar-refractivity contribution in [1.82, 2.24) is 0 Å². The second-order valence-corrected chi connectivity index (χ2v) is 3.00. The van der Waals surface area contributed by atoms with Gasteiger partial charge in [0.25, 0.3) is 0 Å². The monoisotopic (exact) mass is 217 g/mol. The predicted molar refractivity (Wildman–Crippen MR) is 52.3 cm³/mol. The van der Waals surface area contributed by atoms with Gasteiger partial charge in [-0.25, -0.2) is 8.78 Å². The molecule has 0 heterocycles. The normalized spacial score (nSPS) is 12.3. The Hall–Kier alpha value is -1.36. The van der Waals surface area contributed by atoms with Crippen molar-refractivity contribution < 1.29 is 18.3 Å². The lowest BCUT2D eigenvalue weighted by molar-refractivity contribution is 0.157. The van der Waals surface area contributed by atoms with E-state index in [9.17, 15) is 8.78 Å². The zero-order valence-corrected chi connectivity index (χ0v) is 8.37. The van der Waals surface area contributed by atoms with E-state index in [1.807, 2.05) is 0 Å². The van der Waals surface area contributed by atoms with E-state index in [-0.39, 0.29) is 17.5 Å². The third-order valence-electron chi connectivity index (χ3n) is 1.91. The van der Waals surface area contributed by atoms with Crippen LogP contribution in [0.15, 0.2) is 18.2 Å². The molecule has 84 valence electrons. The zero-order valence-electron chi connectivity index (χ0n) is 8.37. The van der Waals surface area contributed by atoms with Gasteiger partial charge in [-0.3, -0.25) is 0 Å². The van der Waals surface area contributed by atoms with Crippen molar-refractivity contribution >= 4 is 0 Å². The molecule has 0 spiro atoms. The Morgan fingerprint density at radius 3 is 2.33 bits per heavy atom. The molecule has 3 nitrogen and oxygen atoms in total. The summed E-state index contributed by atoms with van der Waals surface area (Å²) < 4.78 is 33.3. The first-order chi connectivity index (χ1) is 7.19. The van der Waals surface area contributed by atoms with E-state index in [2.05, 4.69) is 9.47 Å². The summed E-state index contributed by atoms with van der Waals surface area (Å²) in [6.07, 6.45) is 0. The molecule has 1 rings (SSSR count). The van der Waals surface area contributed by atoms with Crippen molar-refractivity contribution in [3.05, 3.63) is 23.8 Å². The minimum atomic E-state index is -0.995. The fraction of sp³-hybridized carbons (Fsp3) is 0.400. The molecular formula is C10H13F2NO2. The molecule has 1 atom stereocenters. The summed E-state index contributed by atoms with van der Waals surface area (Å²) in [6, 6.07) is 4.52. The highest BCUT2D eigenvalue weighted by molar-refractivity contribution is 5.43. The standard InChI is InChI=1S/C10H13F2NO2/c1-7(13)8-2-3-9(14-5-11)10(4-8)15-6-12/h2-4,7H,5-6,13H2,1H3. The van der Waals surface area contributed by atoms with Crippen molar-refractivity contribution in [2.45, 2.75) is 13.0 Å². The molecule has 1 aromatic carbocycles. The van der Waals surface area contributed by atoms with Crippen LogP contribution in [0.5, 0.6) is 11.5 Å². The van der Waals surface area contributed by atoms with Gasteiger partial charge in [0.1, 0.15) is 0 Å².